The number of fused-ring (bicyclic) bond motifs is 1. The van der Waals surface area contributed by atoms with Crippen molar-refractivity contribution in [1.82, 2.24) is 9.47 Å². The Kier molecular flexibility index (Phi) is 5.54. The molecule has 0 atom stereocenters. The second-order valence-electron chi connectivity index (χ2n) is 7.69. The highest BCUT2D eigenvalue weighted by Gasteiger charge is 2.28. The maximum atomic E-state index is 15.0. The molecule has 1 aliphatic heterocycles. The Hall–Kier alpha value is -2.48. The Morgan fingerprint density at radius 3 is 2.55 bits per heavy atom. The van der Waals surface area contributed by atoms with Crippen LogP contribution in [0.1, 0.15) is 35.7 Å². The number of hydrogen-bond acceptors (Lipinski definition) is 5. The number of nitrogens with zero attached hydrogens (tertiary/aromatic N) is 3. The molecule has 1 aliphatic carbocycles. The van der Waals surface area contributed by atoms with Crippen molar-refractivity contribution in [2.45, 2.75) is 25.3 Å². The van der Waals surface area contributed by atoms with E-state index in [1.54, 1.807) is 12.3 Å². The van der Waals surface area contributed by atoms with Crippen LogP contribution in [0, 0.1) is 5.82 Å². The second kappa shape index (κ2) is 8.10. The van der Waals surface area contributed by atoms with E-state index in [4.69, 9.17) is 4.74 Å². The zero-order valence-corrected chi connectivity index (χ0v) is 16.5. The summed E-state index contributed by atoms with van der Waals surface area (Å²) in [4.78, 5) is 28.9. The predicted molar refractivity (Wildman–Crippen MR) is 107 cm³/mol. The lowest BCUT2D eigenvalue weighted by Crippen LogP contribution is -2.47. The van der Waals surface area contributed by atoms with E-state index in [1.165, 1.54) is 13.2 Å². The van der Waals surface area contributed by atoms with Crippen LogP contribution in [0.4, 0.5) is 14.5 Å². The number of ether oxygens (including phenoxy) is 1. The largest absolute Gasteiger partial charge is 0.465 e. The number of carbonyl (C=O) groups is 1. The number of hydrogen-bond donors (Lipinski definition) is 0. The zero-order chi connectivity index (χ0) is 20.5. The molecule has 0 unspecified atom stereocenters. The standard InChI is InChI=1S/C21H25F2N3O3/c1-29-21(28)16-13-26(14-3-4-14)18-12-19(17(23)11-15(18)20(16)27)25-9-7-24(8-10-25)6-2-5-22/h11-14H,2-10H2,1H3. The monoisotopic (exact) mass is 405 g/mol. The Morgan fingerprint density at radius 1 is 1.21 bits per heavy atom. The molecule has 156 valence electrons. The highest BCUT2D eigenvalue weighted by molar-refractivity contribution is 5.94. The van der Waals surface area contributed by atoms with Crippen molar-refractivity contribution in [2.75, 3.05) is 51.4 Å². The molecule has 0 bridgehead atoms. The minimum Gasteiger partial charge on any atom is -0.465 e. The molecule has 2 heterocycles. The van der Waals surface area contributed by atoms with Gasteiger partial charge in [0.15, 0.2) is 0 Å². The number of anilines is 1. The molecule has 0 amide bonds. The lowest BCUT2D eigenvalue weighted by atomic mass is 10.1. The Labute approximate surface area is 167 Å². The molecule has 2 fully saturated rings. The Balaban J connectivity index is 1.71. The molecular formula is C21H25F2N3O3. The molecule has 1 saturated heterocycles. The van der Waals surface area contributed by atoms with Gasteiger partial charge in [-0.15, -0.1) is 0 Å². The number of carbonyl (C=O) groups excluding carboxylic acids is 1. The minimum absolute atomic E-state index is 0.0690. The van der Waals surface area contributed by atoms with E-state index in [0.717, 1.165) is 25.9 Å². The first-order chi connectivity index (χ1) is 14.0. The first-order valence-corrected chi connectivity index (χ1v) is 10.0. The summed E-state index contributed by atoms with van der Waals surface area (Å²) in [5.41, 5.74) is 0.523. The van der Waals surface area contributed by atoms with E-state index < -0.39 is 17.2 Å². The zero-order valence-electron chi connectivity index (χ0n) is 16.5. The van der Waals surface area contributed by atoms with Crippen LogP contribution < -0.4 is 10.3 Å². The third-order valence-electron chi connectivity index (χ3n) is 5.77. The van der Waals surface area contributed by atoms with Crippen LogP contribution in [-0.2, 0) is 4.74 Å². The van der Waals surface area contributed by atoms with E-state index in [2.05, 4.69) is 4.90 Å². The molecule has 29 heavy (non-hydrogen) atoms. The quantitative estimate of drug-likeness (QED) is 0.692. The van der Waals surface area contributed by atoms with Gasteiger partial charge in [-0.3, -0.25) is 14.1 Å². The van der Waals surface area contributed by atoms with E-state index in [1.807, 2.05) is 9.47 Å². The lowest BCUT2D eigenvalue weighted by molar-refractivity contribution is 0.0598. The fraction of sp³-hybridized carbons (Fsp3) is 0.524. The summed E-state index contributed by atoms with van der Waals surface area (Å²) in [7, 11) is 1.23. The number of halogens is 2. The van der Waals surface area contributed by atoms with E-state index in [9.17, 15) is 18.4 Å². The fourth-order valence-electron chi connectivity index (χ4n) is 4.01. The molecule has 2 aromatic rings. The van der Waals surface area contributed by atoms with Gasteiger partial charge < -0.3 is 14.2 Å². The van der Waals surface area contributed by atoms with Gasteiger partial charge in [-0.2, -0.15) is 0 Å². The summed E-state index contributed by atoms with van der Waals surface area (Å²) in [6.07, 6.45) is 3.97. The highest BCUT2D eigenvalue weighted by Crippen LogP contribution is 2.38. The number of piperazine rings is 1. The summed E-state index contributed by atoms with van der Waals surface area (Å²) >= 11 is 0. The predicted octanol–water partition coefficient (Wildman–Crippen LogP) is 2.74. The van der Waals surface area contributed by atoms with Gasteiger partial charge in [-0.25, -0.2) is 9.18 Å². The first-order valence-electron chi connectivity index (χ1n) is 10.0. The average Bonchev–Trinajstić information content (AvgIpc) is 3.58. The van der Waals surface area contributed by atoms with E-state index >= 15 is 0 Å². The van der Waals surface area contributed by atoms with Crippen molar-refractivity contribution in [3.63, 3.8) is 0 Å². The Bertz CT molecular complexity index is 979. The van der Waals surface area contributed by atoms with Gasteiger partial charge in [-0.1, -0.05) is 0 Å². The number of esters is 1. The third-order valence-corrected chi connectivity index (χ3v) is 5.77. The van der Waals surface area contributed by atoms with Crippen molar-refractivity contribution in [1.29, 1.82) is 0 Å². The summed E-state index contributed by atoms with van der Waals surface area (Å²) in [5.74, 6) is -1.18. The Morgan fingerprint density at radius 2 is 1.93 bits per heavy atom. The molecule has 4 rings (SSSR count). The van der Waals surface area contributed by atoms with Gasteiger partial charge in [0.25, 0.3) is 0 Å². The van der Waals surface area contributed by atoms with Gasteiger partial charge in [0, 0.05) is 50.3 Å². The van der Waals surface area contributed by atoms with E-state index in [-0.39, 0.29) is 23.7 Å². The van der Waals surface area contributed by atoms with Gasteiger partial charge in [0.1, 0.15) is 11.4 Å². The SMILES string of the molecule is COC(=O)c1cn(C2CC2)c2cc(N3CCN(CCCF)CC3)c(F)cc2c1=O. The van der Waals surface area contributed by atoms with Crippen LogP contribution in [0.25, 0.3) is 10.9 Å². The maximum absolute atomic E-state index is 15.0. The summed E-state index contributed by atoms with van der Waals surface area (Å²) in [6.45, 7) is 3.15. The van der Waals surface area contributed by atoms with Crippen molar-refractivity contribution in [3.8, 4) is 0 Å². The molecular weight excluding hydrogens is 380 g/mol. The number of aromatic nitrogens is 1. The summed E-state index contributed by atoms with van der Waals surface area (Å²) in [5, 5.41) is 0.197. The molecule has 0 N–H and O–H groups in total. The molecule has 0 spiro atoms. The molecule has 1 aromatic carbocycles. The number of methoxy groups -OCH3 is 1. The van der Waals surface area contributed by atoms with Crippen LogP contribution in [0.3, 0.4) is 0 Å². The highest BCUT2D eigenvalue weighted by atomic mass is 19.1. The number of benzene rings is 1. The lowest BCUT2D eigenvalue weighted by Gasteiger charge is -2.36. The molecule has 2 aliphatic rings. The smallest absolute Gasteiger partial charge is 0.343 e. The normalized spacial score (nSPS) is 17.7. The van der Waals surface area contributed by atoms with Crippen LogP contribution in [-0.4, -0.2) is 61.9 Å². The summed E-state index contributed by atoms with van der Waals surface area (Å²) < 4.78 is 34.0. The van der Waals surface area contributed by atoms with Gasteiger partial charge in [0.2, 0.25) is 5.43 Å². The number of rotatable bonds is 6. The first kappa shape index (κ1) is 19.8. The molecule has 0 radical (unpaired) electrons. The molecule has 1 aromatic heterocycles. The topological polar surface area (TPSA) is 54.8 Å². The van der Waals surface area contributed by atoms with Crippen LogP contribution in [0.5, 0.6) is 0 Å². The van der Waals surface area contributed by atoms with Crippen molar-refractivity contribution in [2.24, 2.45) is 0 Å². The van der Waals surface area contributed by atoms with Gasteiger partial charge >= 0.3 is 5.97 Å². The maximum Gasteiger partial charge on any atom is 0.343 e. The van der Waals surface area contributed by atoms with Crippen molar-refractivity contribution >= 4 is 22.6 Å². The number of alkyl halides is 1. The number of pyridine rings is 1. The fourth-order valence-corrected chi connectivity index (χ4v) is 4.01. The third kappa shape index (κ3) is 3.85. The van der Waals surface area contributed by atoms with Crippen molar-refractivity contribution < 1.29 is 18.3 Å². The van der Waals surface area contributed by atoms with Crippen LogP contribution in [0.2, 0.25) is 0 Å². The molecule has 1 saturated carbocycles. The van der Waals surface area contributed by atoms with Crippen molar-refractivity contribution in [3.05, 3.63) is 39.9 Å². The molecule has 6 nitrogen and oxygen atoms in total. The van der Waals surface area contributed by atoms with Crippen LogP contribution in [0.15, 0.2) is 23.1 Å². The second-order valence-corrected chi connectivity index (χ2v) is 7.69. The molecule has 8 heteroatoms. The van der Waals surface area contributed by atoms with Gasteiger partial charge in [-0.05, 0) is 31.4 Å². The van der Waals surface area contributed by atoms with Gasteiger partial charge in [0.05, 0.1) is 25.0 Å². The summed E-state index contributed by atoms with van der Waals surface area (Å²) in [6, 6.07) is 3.17. The van der Waals surface area contributed by atoms with E-state index in [0.29, 0.717) is 37.3 Å². The minimum atomic E-state index is -0.708. The van der Waals surface area contributed by atoms with Crippen LogP contribution >= 0.6 is 0 Å². The average molecular weight is 405 g/mol.